The Morgan fingerprint density at radius 3 is 2.68 bits per heavy atom. The molecule has 0 atom stereocenters. The molecule has 0 saturated carbocycles. The topological polar surface area (TPSA) is 92.7 Å². The van der Waals surface area contributed by atoms with Crippen molar-refractivity contribution in [2.45, 2.75) is 11.9 Å². The molecule has 0 aliphatic rings. The van der Waals surface area contributed by atoms with Gasteiger partial charge in [0.05, 0.1) is 21.5 Å². The molecule has 0 aliphatic heterocycles. The van der Waals surface area contributed by atoms with Gasteiger partial charge in [0.25, 0.3) is 0 Å². The van der Waals surface area contributed by atoms with Gasteiger partial charge in [-0.15, -0.1) is 0 Å². The highest BCUT2D eigenvalue weighted by molar-refractivity contribution is 8.00. The van der Waals surface area contributed by atoms with Gasteiger partial charge >= 0.3 is 0 Å². The number of nitrogens with two attached hydrogens (primary N) is 1. The van der Waals surface area contributed by atoms with Gasteiger partial charge in [-0.25, -0.2) is 9.97 Å². The van der Waals surface area contributed by atoms with Gasteiger partial charge < -0.3 is 5.73 Å². The predicted octanol–water partition coefficient (Wildman–Crippen LogP) is 3.21. The van der Waals surface area contributed by atoms with Crippen molar-refractivity contribution in [3.05, 3.63) is 39.6 Å². The van der Waals surface area contributed by atoms with Crippen molar-refractivity contribution in [1.29, 1.82) is 5.26 Å². The third kappa shape index (κ3) is 3.69. The number of hydrogen-bond donors (Lipinski definition) is 1. The molecule has 2 aromatic rings. The highest BCUT2D eigenvalue weighted by Crippen LogP contribution is 2.32. The maximum Gasteiger partial charge on any atom is 0.227 e. The molecule has 0 radical (unpaired) electrons. The van der Waals surface area contributed by atoms with Crippen LogP contribution in [0.4, 0.5) is 0 Å². The minimum absolute atomic E-state index is 0.0337. The van der Waals surface area contributed by atoms with Crippen molar-refractivity contribution >= 4 is 40.9 Å². The average molecular weight is 353 g/mol. The minimum Gasteiger partial charge on any atom is -0.369 e. The molecule has 0 fully saturated rings. The molecule has 1 heterocycles. The molecular formula is C14H10Cl2N4OS. The van der Waals surface area contributed by atoms with Crippen LogP contribution in [0.1, 0.15) is 11.4 Å². The molecule has 0 unspecified atom stereocenters. The molecule has 5 nitrogen and oxygen atoms in total. The van der Waals surface area contributed by atoms with Crippen LogP contribution in [0.15, 0.2) is 23.2 Å². The first-order valence-electron chi connectivity index (χ1n) is 6.07. The minimum atomic E-state index is -0.485. The van der Waals surface area contributed by atoms with E-state index < -0.39 is 5.91 Å². The second-order valence-corrected chi connectivity index (χ2v) is 6.07. The second-order valence-electron chi connectivity index (χ2n) is 4.30. The van der Waals surface area contributed by atoms with Crippen LogP contribution in [0.3, 0.4) is 0 Å². The number of aromatic nitrogens is 2. The zero-order valence-electron chi connectivity index (χ0n) is 11.4. The van der Waals surface area contributed by atoms with E-state index in [0.29, 0.717) is 32.2 Å². The van der Waals surface area contributed by atoms with E-state index in [2.05, 4.69) is 16.0 Å². The Kier molecular flexibility index (Phi) is 5.24. The lowest BCUT2D eigenvalue weighted by atomic mass is 10.1. The van der Waals surface area contributed by atoms with E-state index in [0.717, 1.165) is 11.8 Å². The number of primary amides is 1. The van der Waals surface area contributed by atoms with Crippen LogP contribution in [0.5, 0.6) is 0 Å². The van der Waals surface area contributed by atoms with Gasteiger partial charge in [0.1, 0.15) is 22.5 Å². The quantitative estimate of drug-likeness (QED) is 0.673. The Morgan fingerprint density at radius 1 is 1.36 bits per heavy atom. The van der Waals surface area contributed by atoms with E-state index in [1.807, 2.05) is 0 Å². The molecule has 0 saturated heterocycles. The van der Waals surface area contributed by atoms with E-state index in [-0.39, 0.29) is 11.3 Å². The Bertz CT molecular complexity index is 789. The predicted molar refractivity (Wildman–Crippen MR) is 86.9 cm³/mol. The molecule has 1 amide bonds. The molecule has 2 N–H and O–H groups in total. The van der Waals surface area contributed by atoms with Crippen LogP contribution in [0, 0.1) is 18.3 Å². The lowest BCUT2D eigenvalue weighted by Gasteiger charge is -2.09. The number of thioether (sulfide) groups is 1. The zero-order valence-corrected chi connectivity index (χ0v) is 13.8. The number of benzene rings is 1. The van der Waals surface area contributed by atoms with Crippen LogP contribution in [0.2, 0.25) is 10.0 Å². The molecule has 112 valence electrons. The Balaban J connectivity index is 2.57. The zero-order chi connectivity index (χ0) is 16.3. The van der Waals surface area contributed by atoms with E-state index in [1.54, 1.807) is 25.1 Å². The highest BCUT2D eigenvalue weighted by atomic mass is 35.5. The molecule has 0 aliphatic carbocycles. The number of hydrogen-bond acceptors (Lipinski definition) is 5. The Hall–Kier alpha value is -1.81. The van der Waals surface area contributed by atoms with Crippen LogP contribution in [-0.4, -0.2) is 21.6 Å². The number of rotatable bonds is 4. The van der Waals surface area contributed by atoms with Crippen molar-refractivity contribution in [2.24, 2.45) is 5.73 Å². The molecular weight excluding hydrogens is 343 g/mol. The van der Waals surface area contributed by atoms with Gasteiger partial charge in [-0.1, -0.05) is 41.0 Å². The van der Waals surface area contributed by atoms with Crippen LogP contribution < -0.4 is 5.73 Å². The van der Waals surface area contributed by atoms with Crippen molar-refractivity contribution in [3.8, 4) is 17.3 Å². The summed E-state index contributed by atoms with van der Waals surface area (Å²) >= 11 is 13.0. The third-order valence-electron chi connectivity index (χ3n) is 2.64. The molecule has 22 heavy (non-hydrogen) atoms. The number of nitrogens with zero attached hydrogens (tertiary/aromatic N) is 3. The molecule has 0 bridgehead atoms. The summed E-state index contributed by atoms with van der Waals surface area (Å²) in [5.41, 5.74) is 6.51. The number of carbonyl (C=O) groups excluding carboxylic acids is 1. The summed E-state index contributed by atoms with van der Waals surface area (Å²) in [5.74, 6) is 0.0275. The Morgan fingerprint density at radius 2 is 2.09 bits per heavy atom. The van der Waals surface area contributed by atoms with Crippen LogP contribution in [-0.2, 0) is 4.79 Å². The summed E-state index contributed by atoms with van der Waals surface area (Å²) in [5, 5.41) is 10.6. The monoisotopic (exact) mass is 352 g/mol. The maximum atomic E-state index is 10.9. The third-order valence-corrected chi connectivity index (χ3v) is 4.38. The largest absolute Gasteiger partial charge is 0.369 e. The maximum absolute atomic E-state index is 10.9. The molecule has 8 heteroatoms. The van der Waals surface area contributed by atoms with Crippen molar-refractivity contribution in [3.63, 3.8) is 0 Å². The fourth-order valence-corrected chi connectivity index (χ4v) is 2.80. The van der Waals surface area contributed by atoms with E-state index in [1.165, 1.54) is 0 Å². The Labute approximate surface area is 141 Å². The summed E-state index contributed by atoms with van der Waals surface area (Å²) in [6, 6.07) is 7.06. The summed E-state index contributed by atoms with van der Waals surface area (Å²) in [4.78, 5) is 19.4. The van der Waals surface area contributed by atoms with Gasteiger partial charge in [-0.3, -0.25) is 4.79 Å². The fraction of sp³-hybridized carbons (Fsp3) is 0.143. The van der Waals surface area contributed by atoms with Crippen LogP contribution >= 0.6 is 35.0 Å². The number of nitriles is 1. The van der Waals surface area contributed by atoms with Gasteiger partial charge in [-0.05, 0) is 19.1 Å². The SMILES string of the molecule is Cc1nc(SCC(N)=O)c(C#N)c(-c2ccc(Cl)c(Cl)c2)n1. The smallest absolute Gasteiger partial charge is 0.227 e. The summed E-state index contributed by atoms with van der Waals surface area (Å²) in [7, 11) is 0. The fourth-order valence-electron chi connectivity index (χ4n) is 1.74. The molecule has 1 aromatic heterocycles. The standard InChI is InChI=1S/C14H10Cl2N4OS/c1-7-19-13(8-2-3-10(15)11(16)4-8)9(5-17)14(20-7)22-6-12(18)21/h2-4H,6H2,1H3,(H2,18,21). The lowest BCUT2D eigenvalue weighted by Crippen LogP contribution is -2.13. The van der Waals surface area contributed by atoms with Crippen LogP contribution in [0.25, 0.3) is 11.3 Å². The molecule has 1 aromatic carbocycles. The van der Waals surface area contributed by atoms with Gasteiger partial charge in [0.2, 0.25) is 5.91 Å². The van der Waals surface area contributed by atoms with E-state index in [4.69, 9.17) is 28.9 Å². The van der Waals surface area contributed by atoms with Crippen molar-refractivity contribution < 1.29 is 4.79 Å². The molecule has 0 spiro atoms. The second kappa shape index (κ2) is 6.97. The van der Waals surface area contributed by atoms with Crippen molar-refractivity contribution in [2.75, 3.05) is 5.75 Å². The normalized spacial score (nSPS) is 10.3. The summed E-state index contributed by atoms with van der Waals surface area (Å²) < 4.78 is 0. The highest BCUT2D eigenvalue weighted by Gasteiger charge is 2.16. The molecule has 2 rings (SSSR count). The van der Waals surface area contributed by atoms with Gasteiger partial charge in [-0.2, -0.15) is 5.26 Å². The number of amides is 1. The summed E-state index contributed by atoms with van der Waals surface area (Å²) in [6.07, 6.45) is 0. The number of aryl methyl sites for hydroxylation is 1. The van der Waals surface area contributed by atoms with Gasteiger partial charge in [0.15, 0.2) is 0 Å². The first kappa shape index (κ1) is 16.6. The van der Waals surface area contributed by atoms with E-state index in [9.17, 15) is 10.1 Å². The van der Waals surface area contributed by atoms with Gasteiger partial charge in [0, 0.05) is 5.56 Å². The lowest BCUT2D eigenvalue weighted by molar-refractivity contribution is -0.115. The average Bonchev–Trinajstić information content (AvgIpc) is 2.47. The van der Waals surface area contributed by atoms with Crippen molar-refractivity contribution in [1.82, 2.24) is 9.97 Å². The number of carbonyl (C=O) groups is 1. The summed E-state index contributed by atoms with van der Waals surface area (Å²) in [6.45, 7) is 1.70. The number of halogens is 2. The first-order valence-corrected chi connectivity index (χ1v) is 7.81. The van der Waals surface area contributed by atoms with E-state index >= 15 is 0 Å². The first-order chi connectivity index (χ1) is 10.4.